The van der Waals surface area contributed by atoms with E-state index in [0.29, 0.717) is 0 Å². The fourth-order valence-electron chi connectivity index (χ4n) is 1.89. The number of aromatic amines is 1. The van der Waals surface area contributed by atoms with E-state index in [1.165, 1.54) is 0 Å². The second-order valence-corrected chi connectivity index (χ2v) is 4.82. The molecular weight excluding hydrogens is 268 g/mol. The van der Waals surface area contributed by atoms with E-state index < -0.39 is 0 Å². The molecule has 4 heteroatoms. The number of halogens is 1. The first kappa shape index (κ1) is 11.6. The van der Waals surface area contributed by atoms with Crippen molar-refractivity contribution >= 4 is 26.8 Å². The van der Waals surface area contributed by atoms with Gasteiger partial charge in [-0.05, 0) is 36.6 Å². The van der Waals surface area contributed by atoms with Crippen molar-refractivity contribution in [1.82, 2.24) is 4.98 Å². The largest absolute Gasteiger partial charge is 0.396 e. The van der Waals surface area contributed by atoms with E-state index in [-0.39, 0.29) is 12.6 Å². The Labute approximate surface area is 103 Å². The third-order valence-corrected chi connectivity index (χ3v) is 3.24. The minimum Gasteiger partial charge on any atom is -0.396 e. The normalized spacial score (nSPS) is 13.2. The molecule has 0 aliphatic rings. The lowest BCUT2D eigenvalue weighted by molar-refractivity contribution is 0.280. The van der Waals surface area contributed by atoms with Crippen molar-refractivity contribution in [2.45, 2.75) is 18.9 Å². The molecule has 0 spiro atoms. The highest BCUT2D eigenvalue weighted by molar-refractivity contribution is 9.10. The number of hydrogen-bond donors (Lipinski definition) is 3. The minimum atomic E-state index is -0.0183. The van der Waals surface area contributed by atoms with Crippen LogP contribution < -0.4 is 5.73 Å². The molecule has 1 atom stereocenters. The number of hydrogen-bond acceptors (Lipinski definition) is 2. The highest BCUT2D eigenvalue weighted by Gasteiger charge is 2.11. The third-order valence-electron chi connectivity index (χ3n) is 2.75. The Morgan fingerprint density at radius 2 is 2.25 bits per heavy atom. The second kappa shape index (κ2) is 4.99. The van der Waals surface area contributed by atoms with Gasteiger partial charge in [-0.3, -0.25) is 0 Å². The SMILES string of the molecule is N[C@H](CCCO)c1c[nH]c2ccc(Br)cc12. The lowest BCUT2D eigenvalue weighted by Gasteiger charge is -2.09. The summed E-state index contributed by atoms with van der Waals surface area (Å²) in [6, 6.07) is 6.08. The Balaban J connectivity index is 2.33. The van der Waals surface area contributed by atoms with E-state index in [1.54, 1.807) is 0 Å². The highest BCUT2D eigenvalue weighted by Crippen LogP contribution is 2.27. The van der Waals surface area contributed by atoms with Crippen LogP contribution in [0.15, 0.2) is 28.9 Å². The Kier molecular flexibility index (Phi) is 3.63. The van der Waals surface area contributed by atoms with Crippen molar-refractivity contribution in [3.05, 3.63) is 34.4 Å². The van der Waals surface area contributed by atoms with Crippen LogP contribution in [0.5, 0.6) is 0 Å². The summed E-state index contributed by atoms with van der Waals surface area (Å²) in [6.45, 7) is 0.194. The zero-order chi connectivity index (χ0) is 11.5. The van der Waals surface area contributed by atoms with Crippen LogP contribution in [0.3, 0.4) is 0 Å². The smallest absolute Gasteiger partial charge is 0.0458 e. The van der Waals surface area contributed by atoms with Gasteiger partial charge in [-0.2, -0.15) is 0 Å². The van der Waals surface area contributed by atoms with Crippen LogP contribution >= 0.6 is 15.9 Å². The zero-order valence-corrected chi connectivity index (χ0v) is 10.5. The summed E-state index contributed by atoms with van der Waals surface area (Å²) in [5, 5.41) is 9.95. The molecule has 0 saturated heterocycles. The average molecular weight is 283 g/mol. The standard InChI is InChI=1S/C12H15BrN2O/c13-8-3-4-12-9(6-8)10(7-15-12)11(14)2-1-5-16/h3-4,6-7,11,15-16H,1-2,5,14H2/t11-/m1/s1. The molecule has 0 saturated carbocycles. The van der Waals surface area contributed by atoms with Crippen LogP contribution in [0.4, 0.5) is 0 Å². The van der Waals surface area contributed by atoms with Gasteiger partial charge >= 0.3 is 0 Å². The van der Waals surface area contributed by atoms with Gasteiger partial charge in [-0.25, -0.2) is 0 Å². The molecule has 0 aliphatic carbocycles. The molecule has 0 amide bonds. The van der Waals surface area contributed by atoms with E-state index in [4.69, 9.17) is 10.8 Å². The van der Waals surface area contributed by atoms with Crippen LogP contribution in [0.2, 0.25) is 0 Å². The van der Waals surface area contributed by atoms with Gasteiger partial charge in [0.2, 0.25) is 0 Å². The van der Waals surface area contributed by atoms with E-state index in [2.05, 4.69) is 27.0 Å². The topological polar surface area (TPSA) is 62.0 Å². The fraction of sp³-hybridized carbons (Fsp3) is 0.333. The summed E-state index contributed by atoms with van der Waals surface area (Å²) in [7, 11) is 0. The number of aliphatic hydroxyl groups is 1. The molecular formula is C12H15BrN2O. The number of fused-ring (bicyclic) bond motifs is 1. The number of nitrogens with two attached hydrogens (primary N) is 1. The summed E-state index contributed by atoms with van der Waals surface area (Å²) < 4.78 is 1.05. The Morgan fingerprint density at radius 3 is 3.00 bits per heavy atom. The van der Waals surface area contributed by atoms with Crippen LogP contribution in [0.1, 0.15) is 24.4 Å². The molecule has 1 aromatic heterocycles. The van der Waals surface area contributed by atoms with Gasteiger partial charge in [0.25, 0.3) is 0 Å². The van der Waals surface area contributed by atoms with Gasteiger partial charge in [0.05, 0.1) is 0 Å². The summed E-state index contributed by atoms with van der Waals surface area (Å²) in [5.74, 6) is 0. The van der Waals surface area contributed by atoms with E-state index in [9.17, 15) is 0 Å². The zero-order valence-electron chi connectivity index (χ0n) is 8.91. The molecule has 16 heavy (non-hydrogen) atoms. The highest BCUT2D eigenvalue weighted by atomic mass is 79.9. The number of aliphatic hydroxyl groups excluding tert-OH is 1. The van der Waals surface area contributed by atoms with Crippen molar-refractivity contribution in [2.75, 3.05) is 6.61 Å². The molecule has 0 radical (unpaired) electrons. The molecule has 1 heterocycles. The number of H-pyrrole nitrogens is 1. The molecule has 0 aliphatic heterocycles. The molecule has 86 valence electrons. The lowest BCUT2D eigenvalue weighted by atomic mass is 10.0. The summed E-state index contributed by atoms with van der Waals surface area (Å²) in [5.41, 5.74) is 8.31. The van der Waals surface area contributed by atoms with Gasteiger partial charge in [0, 0.05) is 34.2 Å². The van der Waals surface area contributed by atoms with Crippen molar-refractivity contribution < 1.29 is 5.11 Å². The number of aromatic nitrogens is 1. The molecule has 2 rings (SSSR count). The molecule has 3 nitrogen and oxygen atoms in total. The molecule has 0 unspecified atom stereocenters. The number of benzene rings is 1. The second-order valence-electron chi connectivity index (χ2n) is 3.91. The van der Waals surface area contributed by atoms with Crippen LogP contribution in [0, 0.1) is 0 Å². The van der Waals surface area contributed by atoms with Crippen molar-refractivity contribution in [3.8, 4) is 0 Å². The predicted molar refractivity (Wildman–Crippen MR) is 69.2 cm³/mol. The number of nitrogens with one attached hydrogen (secondary N) is 1. The first-order valence-electron chi connectivity index (χ1n) is 5.35. The van der Waals surface area contributed by atoms with Crippen molar-refractivity contribution in [1.29, 1.82) is 0 Å². The lowest BCUT2D eigenvalue weighted by Crippen LogP contribution is -2.10. The average Bonchev–Trinajstić information content (AvgIpc) is 2.68. The molecule has 0 bridgehead atoms. The number of rotatable bonds is 4. The maximum Gasteiger partial charge on any atom is 0.0458 e. The Hall–Kier alpha value is -0.840. The van der Waals surface area contributed by atoms with Gasteiger partial charge in [0.15, 0.2) is 0 Å². The monoisotopic (exact) mass is 282 g/mol. The van der Waals surface area contributed by atoms with Crippen LogP contribution in [-0.2, 0) is 0 Å². The molecule has 1 aromatic carbocycles. The van der Waals surface area contributed by atoms with Crippen LogP contribution in [0.25, 0.3) is 10.9 Å². The van der Waals surface area contributed by atoms with Gasteiger partial charge < -0.3 is 15.8 Å². The first-order valence-corrected chi connectivity index (χ1v) is 6.14. The summed E-state index contributed by atoms with van der Waals surface area (Å²) in [4.78, 5) is 3.21. The Morgan fingerprint density at radius 1 is 1.44 bits per heavy atom. The van der Waals surface area contributed by atoms with E-state index in [1.807, 2.05) is 18.3 Å². The quantitative estimate of drug-likeness (QED) is 0.808. The third kappa shape index (κ3) is 2.29. The minimum absolute atomic E-state index is 0.0183. The molecule has 0 fully saturated rings. The fourth-order valence-corrected chi connectivity index (χ4v) is 2.25. The molecule has 4 N–H and O–H groups in total. The van der Waals surface area contributed by atoms with Gasteiger partial charge in [0.1, 0.15) is 0 Å². The summed E-state index contributed by atoms with van der Waals surface area (Å²) in [6.07, 6.45) is 3.50. The van der Waals surface area contributed by atoms with Gasteiger partial charge in [-0.15, -0.1) is 0 Å². The predicted octanol–water partition coefficient (Wildman–Crippen LogP) is 2.70. The van der Waals surface area contributed by atoms with E-state index >= 15 is 0 Å². The maximum atomic E-state index is 8.80. The van der Waals surface area contributed by atoms with Crippen LogP contribution in [-0.4, -0.2) is 16.7 Å². The van der Waals surface area contributed by atoms with Crippen molar-refractivity contribution in [3.63, 3.8) is 0 Å². The molecule has 2 aromatic rings. The first-order chi connectivity index (χ1) is 7.72. The van der Waals surface area contributed by atoms with E-state index in [0.717, 1.165) is 33.8 Å². The Bertz CT molecular complexity index is 481. The van der Waals surface area contributed by atoms with Crippen molar-refractivity contribution in [2.24, 2.45) is 5.73 Å². The van der Waals surface area contributed by atoms with Gasteiger partial charge in [-0.1, -0.05) is 15.9 Å². The maximum absolute atomic E-state index is 8.80. The summed E-state index contributed by atoms with van der Waals surface area (Å²) >= 11 is 3.46.